The number of hydrogen-bond acceptors (Lipinski definition) is 3. The van der Waals surface area contributed by atoms with Crippen LogP contribution in [0, 0.1) is 0 Å². The van der Waals surface area contributed by atoms with Gasteiger partial charge in [0, 0.05) is 24.5 Å². The van der Waals surface area contributed by atoms with E-state index in [1.165, 1.54) is 12.4 Å². The second-order valence-electron chi connectivity index (χ2n) is 4.33. The lowest BCUT2D eigenvalue weighted by molar-refractivity contribution is 0.0632. The Labute approximate surface area is 126 Å². The molecular formula is C14H16ClF2N3O. The summed E-state index contributed by atoms with van der Waals surface area (Å²) >= 11 is 6.12. The van der Waals surface area contributed by atoms with Gasteiger partial charge in [0.2, 0.25) is 0 Å². The van der Waals surface area contributed by atoms with Gasteiger partial charge in [-0.25, -0.2) is 4.98 Å². The summed E-state index contributed by atoms with van der Waals surface area (Å²) in [4.78, 5) is 3.87. The van der Waals surface area contributed by atoms with Crippen LogP contribution >= 0.6 is 11.6 Å². The Morgan fingerprint density at radius 1 is 1.43 bits per heavy atom. The molecule has 114 valence electrons. The third-order valence-corrected chi connectivity index (χ3v) is 3.22. The molecule has 0 bridgehead atoms. The van der Waals surface area contributed by atoms with Gasteiger partial charge in [-0.05, 0) is 12.6 Å². The normalized spacial score (nSPS) is 11.1. The second kappa shape index (κ2) is 7.38. The predicted molar refractivity (Wildman–Crippen MR) is 76.6 cm³/mol. The summed E-state index contributed by atoms with van der Waals surface area (Å²) in [7, 11) is 0. The number of hydrogen-bond donors (Lipinski definition) is 1. The van der Waals surface area contributed by atoms with Crippen molar-refractivity contribution in [3.8, 4) is 5.75 Å². The van der Waals surface area contributed by atoms with Gasteiger partial charge in [0.15, 0.2) is 5.82 Å². The van der Waals surface area contributed by atoms with Crippen molar-refractivity contribution in [2.45, 2.75) is 26.6 Å². The molecule has 21 heavy (non-hydrogen) atoms. The van der Waals surface area contributed by atoms with Gasteiger partial charge < -0.3 is 10.1 Å². The fourth-order valence-electron chi connectivity index (χ4n) is 1.88. The summed E-state index contributed by atoms with van der Waals surface area (Å²) in [6.45, 7) is 0.681. The van der Waals surface area contributed by atoms with E-state index in [1.807, 2.05) is 19.1 Å². The van der Waals surface area contributed by atoms with Crippen LogP contribution in [0.2, 0.25) is 5.02 Å². The maximum Gasteiger partial charge on any atom is 0.320 e. The largest absolute Gasteiger partial charge is 0.484 e. The molecule has 0 aliphatic carbocycles. The zero-order valence-electron chi connectivity index (χ0n) is 11.5. The van der Waals surface area contributed by atoms with Crippen molar-refractivity contribution in [2.75, 3.05) is 6.54 Å². The van der Waals surface area contributed by atoms with Crippen LogP contribution in [0.1, 0.15) is 24.9 Å². The van der Waals surface area contributed by atoms with E-state index in [9.17, 15) is 8.78 Å². The molecule has 2 rings (SSSR count). The number of para-hydroxylation sites is 1. The topological polar surface area (TPSA) is 39.1 Å². The van der Waals surface area contributed by atoms with E-state index in [1.54, 1.807) is 6.07 Å². The minimum atomic E-state index is -2.64. The van der Waals surface area contributed by atoms with Crippen LogP contribution in [-0.2, 0) is 13.2 Å². The molecule has 2 aromatic rings. The zero-order chi connectivity index (χ0) is 15.2. The van der Waals surface area contributed by atoms with Crippen LogP contribution in [0.25, 0.3) is 0 Å². The molecule has 0 fully saturated rings. The minimum absolute atomic E-state index is 0.0692. The number of alkyl halides is 2. The first kappa shape index (κ1) is 15.7. The van der Waals surface area contributed by atoms with Crippen molar-refractivity contribution < 1.29 is 13.5 Å². The number of nitrogens with one attached hydrogen (secondary N) is 1. The Kier molecular flexibility index (Phi) is 5.52. The Balaban J connectivity index is 2.13. The molecular weight excluding hydrogens is 300 g/mol. The molecule has 1 aromatic carbocycles. The summed E-state index contributed by atoms with van der Waals surface area (Å²) in [5.41, 5.74) is 0.875. The van der Waals surface area contributed by atoms with Gasteiger partial charge in [0.1, 0.15) is 12.4 Å². The molecule has 4 nitrogen and oxygen atoms in total. The third-order valence-electron chi connectivity index (χ3n) is 2.92. The molecule has 7 heteroatoms. The number of aromatic nitrogens is 2. The first-order chi connectivity index (χ1) is 10.1. The van der Waals surface area contributed by atoms with E-state index in [0.717, 1.165) is 16.7 Å². The first-order valence-corrected chi connectivity index (χ1v) is 6.92. The van der Waals surface area contributed by atoms with Gasteiger partial charge >= 0.3 is 6.55 Å². The number of nitrogens with zero attached hydrogens (tertiary/aromatic N) is 2. The average molecular weight is 316 g/mol. The Morgan fingerprint density at radius 3 is 2.95 bits per heavy atom. The van der Waals surface area contributed by atoms with E-state index >= 15 is 0 Å². The number of rotatable bonds is 7. The van der Waals surface area contributed by atoms with Crippen LogP contribution in [-0.4, -0.2) is 16.1 Å². The van der Waals surface area contributed by atoms with Crippen LogP contribution in [0.15, 0.2) is 30.6 Å². The molecule has 0 aliphatic rings. The minimum Gasteiger partial charge on any atom is -0.484 e. The highest BCUT2D eigenvalue weighted by molar-refractivity contribution is 6.32. The molecule has 1 aromatic heterocycles. The summed E-state index contributed by atoms with van der Waals surface area (Å²) in [5.74, 6) is 0.642. The Hall–Kier alpha value is -1.66. The van der Waals surface area contributed by atoms with Crippen LogP contribution in [0.3, 0.4) is 0 Å². The Bertz CT molecular complexity index is 589. The SMILES string of the molecule is CCNCc1cccc(Cl)c1OCc1nccn1C(F)F. The van der Waals surface area contributed by atoms with Crippen molar-refractivity contribution in [1.29, 1.82) is 0 Å². The van der Waals surface area contributed by atoms with E-state index in [0.29, 0.717) is 17.3 Å². The molecule has 0 amide bonds. The zero-order valence-corrected chi connectivity index (χ0v) is 12.3. The third kappa shape index (κ3) is 3.92. The molecule has 0 saturated carbocycles. The first-order valence-electron chi connectivity index (χ1n) is 6.54. The van der Waals surface area contributed by atoms with Crippen molar-refractivity contribution in [3.63, 3.8) is 0 Å². The highest BCUT2D eigenvalue weighted by Crippen LogP contribution is 2.29. The molecule has 0 atom stereocenters. The molecule has 1 heterocycles. The van der Waals surface area contributed by atoms with Crippen molar-refractivity contribution in [1.82, 2.24) is 14.9 Å². The van der Waals surface area contributed by atoms with Crippen molar-refractivity contribution in [3.05, 3.63) is 47.0 Å². The number of halogens is 3. The quantitative estimate of drug-likeness (QED) is 0.848. The van der Waals surface area contributed by atoms with E-state index in [-0.39, 0.29) is 12.4 Å². The highest BCUT2D eigenvalue weighted by Gasteiger charge is 2.14. The fraction of sp³-hybridized carbons (Fsp3) is 0.357. The van der Waals surface area contributed by atoms with E-state index in [2.05, 4.69) is 10.3 Å². The van der Waals surface area contributed by atoms with E-state index < -0.39 is 6.55 Å². The summed E-state index contributed by atoms with van der Waals surface area (Å²) in [5, 5.41) is 3.62. The molecule has 0 spiro atoms. The van der Waals surface area contributed by atoms with E-state index in [4.69, 9.17) is 16.3 Å². The predicted octanol–water partition coefficient (Wildman–Crippen LogP) is 3.62. The summed E-state index contributed by atoms with van der Waals surface area (Å²) in [6, 6.07) is 5.40. The highest BCUT2D eigenvalue weighted by atomic mass is 35.5. The van der Waals surface area contributed by atoms with Crippen molar-refractivity contribution in [2.24, 2.45) is 0 Å². The lowest BCUT2D eigenvalue weighted by Gasteiger charge is -2.14. The van der Waals surface area contributed by atoms with Crippen LogP contribution in [0.5, 0.6) is 5.75 Å². The second-order valence-corrected chi connectivity index (χ2v) is 4.73. The fourth-order valence-corrected chi connectivity index (χ4v) is 2.13. The molecule has 1 N–H and O–H groups in total. The molecule has 0 aliphatic heterocycles. The lowest BCUT2D eigenvalue weighted by atomic mass is 10.2. The van der Waals surface area contributed by atoms with Gasteiger partial charge in [-0.3, -0.25) is 4.57 Å². The van der Waals surface area contributed by atoms with Gasteiger partial charge in [0.25, 0.3) is 0 Å². The summed E-state index contributed by atoms with van der Waals surface area (Å²) < 4.78 is 31.9. The summed E-state index contributed by atoms with van der Waals surface area (Å²) in [6.07, 6.45) is 2.53. The number of ether oxygens (including phenoxy) is 1. The van der Waals surface area contributed by atoms with Crippen molar-refractivity contribution >= 4 is 11.6 Å². The molecule has 0 radical (unpaired) electrons. The van der Waals surface area contributed by atoms with Crippen LogP contribution < -0.4 is 10.1 Å². The number of benzene rings is 1. The van der Waals surface area contributed by atoms with Gasteiger partial charge in [-0.15, -0.1) is 0 Å². The van der Waals surface area contributed by atoms with Crippen LogP contribution in [0.4, 0.5) is 8.78 Å². The van der Waals surface area contributed by atoms with Gasteiger partial charge in [-0.2, -0.15) is 8.78 Å². The Morgan fingerprint density at radius 2 is 2.24 bits per heavy atom. The number of imidazole rings is 1. The van der Waals surface area contributed by atoms with Gasteiger partial charge in [-0.1, -0.05) is 30.7 Å². The smallest absolute Gasteiger partial charge is 0.320 e. The molecule has 0 unspecified atom stereocenters. The maximum atomic E-state index is 12.7. The average Bonchev–Trinajstić information content (AvgIpc) is 2.92. The lowest BCUT2D eigenvalue weighted by Crippen LogP contribution is -2.14. The standard InChI is InChI=1S/C14H16ClF2N3O/c1-2-18-8-10-4-3-5-11(15)13(10)21-9-12-19-6-7-20(12)14(16)17/h3-7,14,18H,2,8-9H2,1H3. The van der Waals surface area contributed by atoms with Gasteiger partial charge in [0.05, 0.1) is 5.02 Å². The maximum absolute atomic E-state index is 12.7. The monoisotopic (exact) mass is 315 g/mol. The molecule has 0 saturated heterocycles.